The van der Waals surface area contributed by atoms with Crippen molar-refractivity contribution in [2.45, 2.75) is 0 Å². The molecule has 0 spiro atoms. The topological polar surface area (TPSA) is 32.3 Å². The normalized spacial score (nSPS) is 17.8. The Kier molecular flexibility index (Phi) is 3.90. The molecule has 0 bridgehead atoms. The van der Waals surface area contributed by atoms with Gasteiger partial charge in [0.05, 0.1) is 17.4 Å². The zero-order valence-electron chi connectivity index (χ0n) is 8.94. The first kappa shape index (κ1) is 11.5. The van der Waals surface area contributed by atoms with Gasteiger partial charge in [0.2, 0.25) is 5.95 Å². The second-order valence-corrected chi connectivity index (χ2v) is 4.16. The Labute approximate surface area is 99.0 Å². The zero-order valence-corrected chi connectivity index (χ0v) is 9.70. The number of nitrogens with zero attached hydrogens (tertiary/aromatic N) is 4. The maximum absolute atomic E-state index is 12.1. The van der Waals surface area contributed by atoms with Gasteiger partial charge >= 0.3 is 0 Å². The van der Waals surface area contributed by atoms with Crippen molar-refractivity contribution in [2.24, 2.45) is 0 Å². The monoisotopic (exact) mass is 244 g/mol. The van der Waals surface area contributed by atoms with E-state index in [1.165, 1.54) is 0 Å². The molecule has 1 aliphatic rings. The van der Waals surface area contributed by atoms with Crippen LogP contribution in [0.25, 0.3) is 0 Å². The average molecular weight is 245 g/mol. The van der Waals surface area contributed by atoms with E-state index in [0.29, 0.717) is 17.5 Å². The molecule has 6 heteroatoms. The van der Waals surface area contributed by atoms with E-state index in [0.717, 1.165) is 26.2 Å². The summed E-state index contributed by atoms with van der Waals surface area (Å²) in [6.45, 7) is 3.63. The van der Waals surface area contributed by atoms with Crippen LogP contribution in [0.2, 0.25) is 5.02 Å². The molecule has 16 heavy (non-hydrogen) atoms. The van der Waals surface area contributed by atoms with Gasteiger partial charge in [0.15, 0.2) is 0 Å². The van der Waals surface area contributed by atoms with Gasteiger partial charge in [-0.1, -0.05) is 11.6 Å². The van der Waals surface area contributed by atoms with Gasteiger partial charge in [-0.15, -0.1) is 0 Å². The molecule has 0 atom stereocenters. The molecule has 2 rings (SSSR count). The van der Waals surface area contributed by atoms with Crippen molar-refractivity contribution in [2.75, 3.05) is 44.3 Å². The Hall–Kier alpha value is -0.940. The first-order valence-corrected chi connectivity index (χ1v) is 5.68. The first-order chi connectivity index (χ1) is 7.79. The summed E-state index contributed by atoms with van der Waals surface area (Å²) in [6.07, 6.45) is 3.19. The van der Waals surface area contributed by atoms with E-state index in [1.807, 2.05) is 0 Å². The number of hydrogen-bond acceptors (Lipinski definition) is 4. The zero-order chi connectivity index (χ0) is 11.4. The predicted molar refractivity (Wildman–Crippen MR) is 61.7 cm³/mol. The number of alkyl halides is 1. The molecule has 1 saturated heterocycles. The lowest BCUT2D eigenvalue weighted by atomic mass is 10.3. The molecule has 0 saturated carbocycles. The van der Waals surface area contributed by atoms with Crippen molar-refractivity contribution in [3.05, 3.63) is 17.4 Å². The van der Waals surface area contributed by atoms with E-state index in [2.05, 4.69) is 19.8 Å². The Morgan fingerprint density at radius 3 is 2.38 bits per heavy atom. The third kappa shape index (κ3) is 2.80. The van der Waals surface area contributed by atoms with Gasteiger partial charge < -0.3 is 4.90 Å². The van der Waals surface area contributed by atoms with Crippen LogP contribution >= 0.6 is 11.6 Å². The second kappa shape index (κ2) is 5.41. The van der Waals surface area contributed by atoms with Crippen LogP contribution in [0.1, 0.15) is 0 Å². The summed E-state index contributed by atoms with van der Waals surface area (Å²) in [7, 11) is 0. The maximum Gasteiger partial charge on any atom is 0.225 e. The minimum absolute atomic E-state index is 0.280. The van der Waals surface area contributed by atoms with Crippen LogP contribution in [0.3, 0.4) is 0 Å². The number of anilines is 1. The van der Waals surface area contributed by atoms with E-state index in [-0.39, 0.29) is 6.67 Å². The van der Waals surface area contributed by atoms with Crippen LogP contribution in [0, 0.1) is 0 Å². The van der Waals surface area contributed by atoms with Gasteiger partial charge in [-0.2, -0.15) is 0 Å². The van der Waals surface area contributed by atoms with Gasteiger partial charge in [-0.3, -0.25) is 4.90 Å². The lowest BCUT2D eigenvalue weighted by Gasteiger charge is -2.34. The molecule has 4 nitrogen and oxygen atoms in total. The molecule has 0 unspecified atom stereocenters. The SMILES string of the molecule is FCCN1CCN(c2ncc(Cl)cn2)CC1. The molecule has 2 heterocycles. The molecule has 1 aliphatic heterocycles. The molecule has 0 aliphatic carbocycles. The minimum Gasteiger partial charge on any atom is -0.338 e. The van der Waals surface area contributed by atoms with Crippen LogP contribution in [-0.4, -0.2) is 54.3 Å². The fourth-order valence-electron chi connectivity index (χ4n) is 1.76. The highest BCUT2D eigenvalue weighted by atomic mass is 35.5. The minimum atomic E-state index is -0.280. The van der Waals surface area contributed by atoms with Crippen molar-refractivity contribution >= 4 is 17.5 Å². The van der Waals surface area contributed by atoms with Gasteiger partial charge in [0, 0.05) is 32.7 Å². The number of rotatable bonds is 3. The molecule has 0 amide bonds. The number of hydrogen-bond donors (Lipinski definition) is 0. The molecule has 88 valence electrons. The van der Waals surface area contributed by atoms with Crippen LogP contribution in [-0.2, 0) is 0 Å². The van der Waals surface area contributed by atoms with E-state index < -0.39 is 0 Å². The van der Waals surface area contributed by atoms with Crippen LogP contribution < -0.4 is 4.90 Å². The van der Waals surface area contributed by atoms with Gasteiger partial charge in [0.1, 0.15) is 6.67 Å². The summed E-state index contributed by atoms with van der Waals surface area (Å²) < 4.78 is 12.1. The number of piperazine rings is 1. The predicted octanol–water partition coefficient (Wildman–Crippen LogP) is 1.22. The summed E-state index contributed by atoms with van der Waals surface area (Å²) in [4.78, 5) is 12.5. The standard InChI is InChI=1S/C10H14ClFN4/c11-9-7-13-10(14-8-9)16-5-3-15(2-1-12)4-6-16/h7-8H,1-6H2. The van der Waals surface area contributed by atoms with E-state index in [9.17, 15) is 4.39 Å². The van der Waals surface area contributed by atoms with Crippen LogP contribution in [0.5, 0.6) is 0 Å². The molecule has 1 fully saturated rings. The smallest absolute Gasteiger partial charge is 0.225 e. The fraction of sp³-hybridized carbons (Fsp3) is 0.600. The third-order valence-corrected chi connectivity index (χ3v) is 2.86. The van der Waals surface area contributed by atoms with Gasteiger partial charge in [-0.05, 0) is 0 Å². The summed E-state index contributed by atoms with van der Waals surface area (Å²) in [6, 6.07) is 0. The molecule has 1 aromatic rings. The number of aromatic nitrogens is 2. The van der Waals surface area contributed by atoms with Crippen LogP contribution in [0.4, 0.5) is 10.3 Å². The lowest BCUT2D eigenvalue weighted by molar-refractivity contribution is 0.234. The highest BCUT2D eigenvalue weighted by Crippen LogP contribution is 2.12. The first-order valence-electron chi connectivity index (χ1n) is 5.30. The largest absolute Gasteiger partial charge is 0.338 e. The second-order valence-electron chi connectivity index (χ2n) is 3.72. The summed E-state index contributed by atoms with van der Waals surface area (Å²) in [5.41, 5.74) is 0. The third-order valence-electron chi connectivity index (χ3n) is 2.66. The summed E-state index contributed by atoms with van der Waals surface area (Å²) in [5.74, 6) is 0.698. The molecule has 0 aromatic carbocycles. The lowest BCUT2D eigenvalue weighted by Crippen LogP contribution is -2.47. The Balaban J connectivity index is 1.91. The average Bonchev–Trinajstić information content (AvgIpc) is 2.32. The molecule has 0 N–H and O–H groups in total. The van der Waals surface area contributed by atoms with Crippen molar-refractivity contribution in [1.82, 2.24) is 14.9 Å². The Morgan fingerprint density at radius 2 is 1.81 bits per heavy atom. The Bertz CT molecular complexity index is 324. The summed E-state index contributed by atoms with van der Waals surface area (Å²) >= 11 is 5.72. The molecule has 1 aromatic heterocycles. The fourth-order valence-corrected chi connectivity index (χ4v) is 1.86. The molecular formula is C10H14ClFN4. The van der Waals surface area contributed by atoms with Crippen molar-refractivity contribution in [3.63, 3.8) is 0 Å². The molecular weight excluding hydrogens is 231 g/mol. The highest BCUT2D eigenvalue weighted by molar-refractivity contribution is 6.30. The summed E-state index contributed by atoms with van der Waals surface area (Å²) in [5, 5.41) is 0.541. The number of halogens is 2. The van der Waals surface area contributed by atoms with Gasteiger partial charge in [-0.25, -0.2) is 14.4 Å². The van der Waals surface area contributed by atoms with Gasteiger partial charge in [0.25, 0.3) is 0 Å². The van der Waals surface area contributed by atoms with E-state index in [1.54, 1.807) is 12.4 Å². The van der Waals surface area contributed by atoms with Crippen molar-refractivity contribution in [3.8, 4) is 0 Å². The van der Waals surface area contributed by atoms with Crippen molar-refractivity contribution in [1.29, 1.82) is 0 Å². The van der Waals surface area contributed by atoms with E-state index >= 15 is 0 Å². The van der Waals surface area contributed by atoms with E-state index in [4.69, 9.17) is 11.6 Å². The maximum atomic E-state index is 12.1. The van der Waals surface area contributed by atoms with Crippen molar-refractivity contribution < 1.29 is 4.39 Å². The van der Waals surface area contributed by atoms with Crippen LogP contribution in [0.15, 0.2) is 12.4 Å². The highest BCUT2D eigenvalue weighted by Gasteiger charge is 2.18. The molecule has 0 radical (unpaired) electrons. The quantitative estimate of drug-likeness (QED) is 0.801. The Morgan fingerprint density at radius 1 is 1.19 bits per heavy atom.